The molecule has 0 atom stereocenters. The van der Waals surface area contributed by atoms with Gasteiger partial charge in [0.05, 0.1) is 17.7 Å². The first kappa shape index (κ1) is 19.6. The Labute approximate surface area is 173 Å². The number of anilines is 1. The molecule has 0 aromatic heterocycles. The van der Waals surface area contributed by atoms with Gasteiger partial charge in [-0.1, -0.05) is 28.1 Å². The van der Waals surface area contributed by atoms with Crippen LogP contribution in [0.4, 0.5) is 11.4 Å². The summed E-state index contributed by atoms with van der Waals surface area (Å²) in [5.74, 6) is -1.24. The lowest BCUT2D eigenvalue weighted by molar-refractivity contribution is -0.385. The van der Waals surface area contributed by atoms with E-state index < -0.39 is 16.7 Å². The zero-order valence-corrected chi connectivity index (χ0v) is 16.7. The summed E-state index contributed by atoms with van der Waals surface area (Å²) in [7, 11) is 1.31. The second-order valence-electron chi connectivity index (χ2n) is 5.63. The normalized spacial score (nSPS) is 15.6. The Bertz CT molecular complexity index is 1050. The molecule has 142 valence electrons. The van der Waals surface area contributed by atoms with Gasteiger partial charge in [-0.25, -0.2) is 0 Å². The van der Waals surface area contributed by atoms with Crippen molar-refractivity contribution in [2.45, 2.75) is 0 Å². The zero-order chi connectivity index (χ0) is 20.4. The van der Waals surface area contributed by atoms with Crippen LogP contribution >= 0.6 is 28.1 Å². The Hall–Kier alpha value is -3.11. The summed E-state index contributed by atoms with van der Waals surface area (Å²) in [5.41, 5.74) is 0.289. The maximum atomic E-state index is 12.9. The van der Waals surface area contributed by atoms with E-state index in [0.717, 1.165) is 4.47 Å². The summed E-state index contributed by atoms with van der Waals surface area (Å²) in [5, 5.41) is 13.6. The summed E-state index contributed by atoms with van der Waals surface area (Å²) in [6.45, 7) is 0. The van der Waals surface area contributed by atoms with Crippen LogP contribution in [0.3, 0.4) is 0 Å². The quantitative estimate of drug-likeness (QED) is 0.246. The highest BCUT2D eigenvalue weighted by atomic mass is 79.9. The molecule has 28 heavy (non-hydrogen) atoms. The second kappa shape index (κ2) is 7.87. The molecule has 0 unspecified atom stereocenters. The van der Waals surface area contributed by atoms with E-state index >= 15 is 0 Å². The van der Waals surface area contributed by atoms with Gasteiger partial charge in [-0.05, 0) is 48.1 Å². The molecule has 2 amide bonds. The molecule has 10 heteroatoms. The smallest absolute Gasteiger partial charge is 0.311 e. The number of hydrogen-bond acceptors (Lipinski definition) is 6. The van der Waals surface area contributed by atoms with Crippen LogP contribution in [0, 0.1) is 10.1 Å². The molecule has 8 nitrogen and oxygen atoms in total. The van der Waals surface area contributed by atoms with E-state index in [0.29, 0.717) is 11.3 Å². The van der Waals surface area contributed by atoms with Crippen LogP contribution in [0.15, 0.2) is 52.5 Å². The van der Waals surface area contributed by atoms with Gasteiger partial charge in [-0.15, -0.1) is 0 Å². The number of carbonyl (C=O) groups excluding carboxylic acids is 2. The number of halogens is 1. The van der Waals surface area contributed by atoms with Crippen LogP contribution in [0.5, 0.6) is 5.75 Å². The second-order valence-corrected chi connectivity index (χ2v) is 6.93. The molecule has 3 rings (SSSR count). The fourth-order valence-electron chi connectivity index (χ4n) is 2.61. The lowest BCUT2D eigenvalue weighted by atomic mass is 10.1. The number of carbonyl (C=O) groups is 2. The third-order valence-corrected chi connectivity index (χ3v) is 4.66. The third kappa shape index (κ3) is 3.78. The van der Waals surface area contributed by atoms with Crippen LogP contribution < -0.4 is 15.0 Å². The van der Waals surface area contributed by atoms with Crippen LogP contribution in [-0.2, 0) is 9.59 Å². The van der Waals surface area contributed by atoms with Gasteiger partial charge in [-0.3, -0.25) is 29.9 Å². The highest BCUT2D eigenvalue weighted by Crippen LogP contribution is 2.29. The molecule has 0 aliphatic carbocycles. The predicted molar refractivity (Wildman–Crippen MR) is 110 cm³/mol. The monoisotopic (exact) mass is 461 g/mol. The highest BCUT2D eigenvalue weighted by Gasteiger charge is 2.34. The number of nitro groups is 1. The Morgan fingerprint density at radius 2 is 2.00 bits per heavy atom. The number of benzene rings is 2. The Balaban J connectivity index is 2.04. The summed E-state index contributed by atoms with van der Waals surface area (Å²) in [4.78, 5) is 37.0. The molecule has 2 aromatic carbocycles. The number of nitro benzene ring substituents is 1. The number of thiocarbonyl (C=S) groups is 1. The van der Waals surface area contributed by atoms with Crippen molar-refractivity contribution in [2.75, 3.05) is 12.0 Å². The standard InChI is InChI=1S/C18H12BrN3O5S/c1-27-15-6-5-10(8-14(15)22(25)26)7-13-16(23)20-18(28)21(17(13)24)12-4-2-3-11(19)9-12/h2-9H,1H3,(H,20,23,28). The molecule has 1 fully saturated rings. The zero-order valence-electron chi connectivity index (χ0n) is 14.3. The minimum absolute atomic E-state index is 0.0500. The van der Waals surface area contributed by atoms with Crippen molar-refractivity contribution < 1.29 is 19.2 Å². The Morgan fingerprint density at radius 1 is 1.25 bits per heavy atom. The number of ether oxygens (including phenoxy) is 1. The average Bonchev–Trinajstić information content (AvgIpc) is 2.65. The minimum Gasteiger partial charge on any atom is -0.490 e. The highest BCUT2D eigenvalue weighted by molar-refractivity contribution is 9.10. The van der Waals surface area contributed by atoms with Gasteiger partial charge >= 0.3 is 5.69 Å². The molecule has 1 heterocycles. The van der Waals surface area contributed by atoms with Crippen molar-refractivity contribution in [3.8, 4) is 5.75 Å². The minimum atomic E-state index is -0.681. The van der Waals surface area contributed by atoms with E-state index in [1.54, 1.807) is 24.3 Å². The largest absolute Gasteiger partial charge is 0.490 e. The van der Waals surface area contributed by atoms with Gasteiger partial charge in [0, 0.05) is 10.5 Å². The summed E-state index contributed by atoms with van der Waals surface area (Å²) in [6.07, 6.45) is 1.27. The average molecular weight is 462 g/mol. The molecule has 1 saturated heterocycles. The van der Waals surface area contributed by atoms with Gasteiger partial charge in [0.15, 0.2) is 10.9 Å². The molecule has 0 spiro atoms. The fraction of sp³-hybridized carbons (Fsp3) is 0.0556. The Kier molecular flexibility index (Phi) is 5.52. The maximum absolute atomic E-state index is 12.9. The first-order valence-electron chi connectivity index (χ1n) is 7.81. The molecule has 2 aromatic rings. The molecular weight excluding hydrogens is 450 g/mol. The number of amides is 2. The van der Waals surface area contributed by atoms with Gasteiger partial charge in [-0.2, -0.15) is 0 Å². The predicted octanol–water partition coefficient (Wildman–Crippen LogP) is 3.20. The summed E-state index contributed by atoms with van der Waals surface area (Å²) >= 11 is 8.46. The first-order valence-corrected chi connectivity index (χ1v) is 9.01. The molecule has 1 N–H and O–H groups in total. The van der Waals surface area contributed by atoms with E-state index in [4.69, 9.17) is 17.0 Å². The lowest BCUT2D eigenvalue weighted by Crippen LogP contribution is -2.54. The van der Waals surface area contributed by atoms with Gasteiger partial charge in [0.1, 0.15) is 5.57 Å². The third-order valence-electron chi connectivity index (χ3n) is 3.88. The molecule has 0 saturated carbocycles. The maximum Gasteiger partial charge on any atom is 0.311 e. The van der Waals surface area contributed by atoms with Gasteiger partial charge in [0.25, 0.3) is 11.8 Å². The first-order chi connectivity index (χ1) is 13.3. The van der Waals surface area contributed by atoms with E-state index in [1.165, 1.54) is 36.3 Å². The van der Waals surface area contributed by atoms with Gasteiger partial charge < -0.3 is 4.74 Å². The van der Waals surface area contributed by atoms with Crippen molar-refractivity contribution in [3.63, 3.8) is 0 Å². The summed E-state index contributed by atoms with van der Waals surface area (Å²) in [6, 6.07) is 11.0. The fourth-order valence-corrected chi connectivity index (χ4v) is 3.28. The lowest BCUT2D eigenvalue weighted by Gasteiger charge is -2.29. The van der Waals surface area contributed by atoms with Gasteiger partial charge in [0.2, 0.25) is 0 Å². The van der Waals surface area contributed by atoms with E-state index in [2.05, 4.69) is 21.2 Å². The topological polar surface area (TPSA) is 102 Å². The van der Waals surface area contributed by atoms with Crippen LogP contribution in [0.1, 0.15) is 5.56 Å². The van der Waals surface area contributed by atoms with E-state index in [-0.39, 0.29) is 22.1 Å². The van der Waals surface area contributed by atoms with Crippen LogP contribution in [0.25, 0.3) is 6.08 Å². The van der Waals surface area contributed by atoms with Crippen molar-refractivity contribution in [1.82, 2.24) is 5.32 Å². The van der Waals surface area contributed by atoms with Crippen molar-refractivity contribution in [2.24, 2.45) is 0 Å². The molecule has 0 radical (unpaired) electrons. The summed E-state index contributed by atoms with van der Waals surface area (Å²) < 4.78 is 5.69. The van der Waals surface area contributed by atoms with Crippen molar-refractivity contribution >= 4 is 62.5 Å². The van der Waals surface area contributed by atoms with Crippen LogP contribution in [0.2, 0.25) is 0 Å². The molecular formula is C18H12BrN3O5S. The van der Waals surface area contributed by atoms with Crippen LogP contribution in [-0.4, -0.2) is 29.0 Å². The number of methoxy groups -OCH3 is 1. The number of nitrogens with one attached hydrogen (secondary N) is 1. The van der Waals surface area contributed by atoms with E-state index in [1.807, 2.05) is 0 Å². The molecule has 1 aliphatic rings. The van der Waals surface area contributed by atoms with Crippen molar-refractivity contribution in [3.05, 3.63) is 68.2 Å². The number of rotatable bonds is 4. The molecule has 0 bridgehead atoms. The van der Waals surface area contributed by atoms with Crippen molar-refractivity contribution in [1.29, 1.82) is 0 Å². The van der Waals surface area contributed by atoms with E-state index in [9.17, 15) is 19.7 Å². The number of hydrogen-bond donors (Lipinski definition) is 1. The number of nitrogens with zero attached hydrogens (tertiary/aromatic N) is 2. The SMILES string of the molecule is COc1ccc(C=C2C(=O)NC(=S)N(c3cccc(Br)c3)C2=O)cc1[N+](=O)[O-]. The molecule has 1 aliphatic heterocycles. The Morgan fingerprint density at radius 3 is 2.64 bits per heavy atom.